The Morgan fingerprint density at radius 1 is 1.29 bits per heavy atom. The van der Waals surface area contributed by atoms with Crippen molar-refractivity contribution in [1.29, 1.82) is 0 Å². The summed E-state index contributed by atoms with van der Waals surface area (Å²) in [7, 11) is 0. The van der Waals surface area contributed by atoms with Crippen molar-refractivity contribution in [1.82, 2.24) is 0 Å². The van der Waals surface area contributed by atoms with Gasteiger partial charge in [-0.1, -0.05) is 0 Å². The van der Waals surface area contributed by atoms with Gasteiger partial charge in [0.15, 0.2) is 0 Å². The Labute approximate surface area is 47.0 Å². The minimum Gasteiger partial charge on any atom is -0.344 e. The molecular weight excluding hydrogens is 116 g/mol. The van der Waals surface area contributed by atoms with Crippen LogP contribution < -0.4 is 0 Å². The summed E-state index contributed by atoms with van der Waals surface area (Å²) in [6.07, 6.45) is -0.129. The van der Waals surface area contributed by atoms with Gasteiger partial charge >= 0.3 is 0 Å². The fourth-order valence-electron chi connectivity index (χ4n) is 0.150. The summed E-state index contributed by atoms with van der Waals surface area (Å²) >= 11 is 3.63. The van der Waals surface area contributed by atoms with E-state index in [4.69, 9.17) is 15.3 Å². The lowest BCUT2D eigenvalue weighted by atomic mass is 10.4. The van der Waals surface area contributed by atoms with Crippen molar-refractivity contribution >= 4 is 12.6 Å². The van der Waals surface area contributed by atoms with E-state index in [9.17, 15) is 0 Å². The molecule has 3 nitrogen and oxygen atoms in total. The molecule has 7 heavy (non-hydrogen) atoms. The van der Waals surface area contributed by atoms with E-state index in [1.807, 2.05) is 0 Å². The van der Waals surface area contributed by atoms with Gasteiger partial charge in [-0.3, -0.25) is 0 Å². The van der Waals surface area contributed by atoms with Gasteiger partial charge in [0.2, 0.25) is 0 Å². The predicted octanol–water partition coefficient (Wildman–Crippen LogP) is -1.06. The summed E-state index contributed by atoms with van der Waals surface area (Å²) in [5, 5.41) is 24.2. The van der Waals surface area contributed by atoms with Crippen LogP contribution in [0.2, 0.25) is 0 Å². The predicted molar refractivity (Wildman–Crippen MR) is 27.9 cm³/mol. The van der Waals surface area contributed by atoms with Crippen LogP contribution in [0.5, 0.6) is 0 Å². The van der Waals surface area contributed by atoms with Crippen LogP contribution in [0.15, 0.2) is 0 Å². The molecule has 0 atom stereocenters. The van der Waals surface area contributed by atoms with E-state index < -0.39 is 5.97 Å². The summed E-state index contributed by atoms with van der Waals surface area (Å²) in [5.41, 5.74) is 0. The molecule has 0 aromatic rings. The molecular formula is C3H8O3S. The summed E-state index contributed by atoms with van der Waals surface area (Å²) < 4.78 is 0. The molecule has 3 N–H and O–H groups in total. The second-order valence-electron chi connectivity index (χ2n) is 1.25. The molecule has 0 amide bonds. The third-order valence-corrected chi connectivity index (χ3v) is 0.671. The molecule has 0 aromatic carbocycles. The first kappa shape index (κ1) is 7.23. The highest BCUT2D eigenvalue weighted by atomic mass is 32.1. The van der Waals surface area contributed by atoms with Crippen molar-refractivity contribution in [3.63, 3.8) is 0 Å². The summed E-state index contributed by atoms with van der Waals surface area (Å²) in [4.78, 5) is 0. The van der Waals surface area contributed by atoms with Crippen molar-refractivity contribution in [2.75, 3.05) is 5.75 Å². The van der Waals surface area contributed by atoms with E-state index in [2.05, 4.69) is 12.6 Å². The molecule has 0 heterocycles. The SMILES string of the molecule is OC(O)(O)CCS. The first-order valence-corrected chi connectivity index (χ1v) is 2.47. The molecule has 0 rings (SSSR count). The molecule has 0 aliphatic carbocycles. The zero-order chi connectivity index (χ0) is 5.91. The summed E-state index contributed by atoms with van der Waals surface area (Å²) in [5.74, 6) is -2.27. The lowest BCUT2D eigenvalue weighted by Crippen LogP contribution is -2.27. The molecule has 0 spiro atoms. The van der Waals surface area contributed by atoms with Gasteiger partial charge in [0.05, 0.1) is 0 Å². The van der Waals surface area contributed by atoms with Crippen LogP contribution in [0.25, 0.3) is 0 Å². The van der Waals surface area contributed by atoms with Gasteiger partial charge in [-0.25, -0.2) is 0 Å². The molecule has 0 saturated carbocycles. The monoisotopic (exact) mass is 124 g/mol. The maximum atomic E-state index is 8.08. The molecule has 0 saturated heterocycles. The average Bonchev–Trinajstić information content (AvgIpc) is 1.30. The molecule has 0 aliphatic heterocycles. The van der Waals surface area contributed by atoms with Crippen LogP contribution >= 0.6 is 12.6 Å². The number of thiol groups is 1. The Morgan fingerprint density at radius 3 is 1.71 bits per heavy atom. The largest absolute Gasteiger partial charge is 0.344 e. The maximum Gasteiger partial charge on any atom is 0.276 e. The van der Waals surface area contributed by atoms with E-state index in [0.29, 0.717) is 0 Å². The zero-order valence-electron chi connectivity index (χ0n) is 3.70. The van der Waals surface area contributed by atoms with E-state index in [1.54, 1.807) is 0 Å². The fourth-order valence-corrected chi connectivity index (χ4v) is 0.450. The minimum atomic E-state index is -2.53. The Bertz CT molecular complexity index is 48.6. The van der Waals surface area contributed by atoms with Crippen molar-refractivity contribution in [2.24, 2.45) is 0 Å². The molecule has 4 heteroatoms. The van der Waals surface area contributed by atoms with Gasteiger partial charge < -0.3 is 15.3 Å². The van der Waals surface area contributed by atoms with Crippen LogP contribution in [0.4, 0.5) is 0 Å². The summed E-state index contributed by atoms with van der Waals surface area (Å²) in [6, 6.07) is 0. The average molecular weight is 124 g/mol. The normalized spacial score (nSPS) is 12.0. The molecule has 0 aromatic heterocycles. The molecule has 44 valence electrons. The van der Waals surface area contributed by atoms with Crippen LogP contribution in [0.3, 0.4) is 0 Å². The lowest BCUT2D eigenvalue weighted by Gasteiger charge is -2.10. The van der Waals surface area contributed by atoms with Gasteiger partial charge in [0.25, 0.3) is 5.97 Å². The lowest BCUT2D eigenvalue weighted by molar-refractivity contribution is -0.311. The minimum absolute atomic E-state index is 0.129. The third kappa shape index (κ3) is 6.23. The van der Waals surface area contributed by atoms with Gasteiger partial charge in [0.1, 0.15) is 0 Å². The Hall–Kier alpha value is 0.230. The Kier molecular flexibility index (Phi) is 2.60. The van der Waals surface area contributed by atoms with E-state index in [1.165, 1.54) is 0 Å². The number of hydrogen-bond acceptors (Lipinski definition) is 4. The van der Waals surface area contributed by atoms with Gasteiger partial charge in [-0.2, -0.15) is 12.6 Å². The molecule has 0 unspecified atom stereocenters. The Morgan fingerprint density at radius 2 is 1.71 bits per heavy atom. The number of rotatable bonds is 2. The highest BCUT2D eigenvalue weighted by Gasteiger charge is 2.14. The van der Waals surface area contributed by atoms with Crippen molar-refractivity contribution in [3.8, 4) is 0 Å². The zero-order valence-corrected chi connectivity index (χ0v) is 4.60. The highest BCUT2D eigenvalue weighted by Crippen LogP contribution is 1.99. The van der Waals surface area contributed by atoms with Crippen LogP contribution in [-0.2, 0) is 0 Å². The smallest absolute Gasteiger partial charge is 0.276 e. The second kappa shape index (κ2) is 2.52. The fraction of sp³-hybridized carbons (Fsp3) is 1.00. The quantitative estimate of drug-likeness (QED) is 0.280. The molecule has 0 bridgehead atoms. The van der Waals surface area contributed by atoms with Crippen LogP contribution in [0, 0.1) is 0 Å². The molecule has 0 fully saturated rings. The standard InChI is InChI=1S/C3H8O3S/c4-3(5,6)1-2-7/h4-7H,1-2H2. The Balaban J connectivity index is 3.15. The van der Waals surface area contributed by atoms with Crippen molar-refractivity contribution in [2.45, 2.75) is 12.4 Å². The van der Waals surface area contributed by atoms with Gasteiger partial charge in [0, 0.05) is 6.42 Å². The van der Waals surface area contributed by atoms with Crippen LogP contribution in [-0.4, -0.2) is 27.0 Å². The third-order valence-electron chi connectivity index (χ3n) is 0.447. The topological polar surface area (TPSA) is 60.7 Å². The van der Waals surface area contributed by atoms with Gasteiger partial charge in [-0.05, 0) is 5.75 Å². The van der Waals surface area contributed by atoms with E-state index in [-0.39, 0.29) is 12.2 Å². The second-order valence-corrected chi connectivity index (χ2v) is 1.70. The first-order valence-electron chi connectivity index (χ1n) is 1.84. The molecule has 0 aliphatic rings. The first-order chi connectivity index (χ1) is 3.06. The van der Waals surface area contributed by atoms with Crippen molar-refractivity contribution < 1.29 is 15.3 Å². The van der Waals surface area contributed by atoms with Crippen molar-refractivity contribution in [3.05, 3.63) is 0 Å². The van der Waals surface area contributed by atoms with Gasteiger partial charge in [-0.15, -0.1) is 0 Å². The maximum absolute atomic E-state index is 8.08. The summed E-state index contributed by atoms with van der Waals surface area (Å²) in [6.45, 7) is 0. The number of aliphatic hydroxyl groups is 3. The molecule has 0 radical (unpaired) electrons. The highest BCUT2D eigenvalue weighted by molar-refractivity contribution is 7.80. The van der Waals surface area contributed by atoms with E-state index >= 15 is 0 Å². The number of hydrogen-bond donors (Lipinski definition) is 4. The van der Waals surface area contributed by atoms with Crippen LogP contribution in [0.1, 0.15) is 6.42 Å². The van der Waals surface area contributed by atoms with E-state index in [0.717, 1.165) is 0 Å².